The molecule has 0 aliphatic carbocycles. The molecule has 0 bridgehead atoms. The smallest absolute Gasteiger partial charge is 0.352 e. The fraction of sp³-hybridized carbons (Fsp3) is 0.722. The number of phosphoric ester groups is 1. The molecule has 1 aromatic rings. The fourth-order valence-corrected chi connectivity index (χ4v) is 4.80. The molecule has 15 heteroatoms. The van der Waals surface area contributed by atoms with Gasteiger partial charge in [-0.15, -0.1) is 0 Å². The molecular weight excluding hydrogens is 477 g/mol. The number of azide groups is 1. The van der Waals surface area contributed by atoms with Crippen molar-refractivity contribution in [2.75, 3.05) is 12.4 Å². The third-order valence-corrected chi connectivity index (χ3v) is 7.25. The van der Waals surface area contributed by atoms with Gasteiger partial charge < -0.3 is 9.63 Å². The summed E-state index contributed by atoms with van der Waals surface area (Å²) in [4.78, 5) is 50.6. The van der Waals surface area contributed by atoms with Crippen LogP contribution in [0.3, 0.4) is 0 Å². The van der Waals surface area contributed by atoms with Gasteiger partial charge in [0.15, 0.2) is 5.12 Å². The van der Waals surface area contributed by atoms with Crippen molar-refractivity contribution in [3.63, 3.8) is 0 Å². The van der Waals surface area contributed by atoms with Gasteiger partial charge in [-0.25, -0.2) is 9.36 Å². The maximum atomic E-state index is 12.3. The Kier molecular flexibility index (Phi) is 9.11. The summed E-state index contributed by atoms with van der Waals surface area (Å²) < 4.78 is 29.3. The Bertz CT molecular complexity index is 1080. The van der Waals surface area contributed by atoms with Gasteiger partial charge in [-0.3, -0.25) is 28.2 Å². The van der Waals surface area contributed by atoms with Crippen molar-refractivity contribution in [2.24, 2.45) is 10.5 Å². The number of phosphoric acid groups is 1. The number of carbonyl (C=O) groups is 1. The number of H-pyrrole nitrogens is 1. The molecular formula is C18H28N5O8PS. The van der Waals surface area contributed by atoms with E-state index in [0.717, 1.165) is 16.3 Å². The van der Waals surface area contributed by atoms with E-state index in [2.05, 4.69) is 15.0 Å². The van der Waals surface area contributed by atoms with Crippen LogP contribution in [0, 0.1) is 12.3 Å². The van der Waals surface area contributed by atoms with Gasteiger partial charge in [-0.1, -0.05) is 37.6 Å². The van der Waals surface area contributed by atoms with Crippen molar-refractivity contribution < 1.29 is 28.0 Å². The summed E-state index contributed by atoms with van der Waals surface area (Å²) in [6.45, 7) is 7.90. The summed E-state index contributed by atoms with van der Waals surface area (Å²) in [5, 5.41) is 3.54. The number of aromatic amines is 1. The number of aryl methyl sites for hydroxylation is 1. The highest BCUT2D eigenvalue weighted by molar-refractivity contribution is 8.13. The van der Waals surface area contributed by atoms with Gasteiger partial charge in [0.25, 0.3) is 5.56 Å². The second-order valence-electron chi connectivity index (χ2n) is 8.64. The van der Waals surface area contributed by atoms with Crippen molar-refractivity contribution in [1.82, 2.24) is 9.55 Å². The Hall–Kier alpha value is -1.92. The number of thioether (sulfide) groups is 1. The fourth-order valence-electron chi connectivity index (χ4n) is 2.89. The Morgan fingerprint density at radius 3 is 2.79 bits per heavy atom. The molecule has 2 rings (SSSR count). The minimum absolute atomic E-state index is 0.0815. The Morgan fingerprint density at radius 2 is 2.18 bits per heavy atom. The van der Waals surface area contributed by atoms with Gasteiger partial charge in [-0.2, -0.15) is 0 Å². The molecule has 5 atom stereocenters. The van der Waals surface area contributed by atoms with Crippen molar-refractivity contribution in [3.8, 4) is 0 Å². The quantitative estimate of drug-likeness (QED) is 0.220. The molecule has 0 amide bonds. The summed E-state index contributed by atoms with van der Waals surface area (Å²) >= 11 is 0.995. The van der Waals surface area contributed by atoms with Crippen molar-refractivity contribution >= 4 is 24.7 Å². The summed E-state index contributed by atoms with van der Waals surface area (Å²) in [6.07, 6.45) is -1.18. The number of nitrogens with zero attached hydrogens (tertiary/aromatic N) is 4. The van der Waals surface area contributed by atoms with Crippen LogP contribution in [0.5, 0.6) is 0 Å². The lowest BCUT2D eigenvalue weighted by atomic mass is 10.00. The zero-order valence-corrected chi connectivity index (χ0v) is 20.7. The van der Waals surface area contributed by atoms with Gasteiger partial charge in [-0.05, 0) is 19.4 Å². The topological polar surface area (TPSA) is 186 Å². The Morgan fingerprint density at radius 1 is 1.52 bits per heavy atom. The average molecular weight is 505 g/mol. The van der Waals surface area contributed by atoms with E-state index >= 15 is 0 Å². The van der Waals surface area contributed by atoms with Gasteiger partial charge in [0.2, 0.25) is 0 Å². The van der Waals surface area contributed by atoms with Crippen molar-refractivity contribution in [2.45, 2.75) is 65.5 Å². The molecule has 13 nitrogen and oxygen atoms in total. The Labute approximate surface area is 194 Å². The first-order valence-electron chi connectivity index (χ1n) is 10.1. The Balaban J connectivity index is 2.00. The number of carbonyl (C=O) groups excluding carboxylic acids is 1. The van der Waals surface area contributed by atoms with E-state index in [9.17, 15) is 23.8 Å². The molecule has 0 spiro atoms. The van der Waals surface area contributed by atoms with Crippen LogP contribution in [0.2, 0.25) is 0 Å². The maximum absolute atomic E-state index is 12.3. The molecule has 1 saturated heterocycles. The van der Waals surface area contributed by atoms with Crippen LogP contribution in [0.25, 0.3) is 10.4 Å². The van der Waals surface area contributed by atoms with E-state index < -0.39 is 55.6 Å². The molecule has 0 aromatic carbocycles. The maximum Gasteiger partial charge on any atom is 0.472 e. The van der Waals surface area contributed by atoms with E-state index in [-0.39, 0.29) is 22.9 Å². The molecule has 1 aliphatic heterocycles. The first-order chi connectivity index (χ1) is 15.2. The normalized spacial score (nSPS) is 23.5. The zero-order chi connectivity index (χ0) is 25.0. The van der Waals surface area contributed by atoms with Crippen LogP contribution in [0.1, 0.15) is 45.9 Å². The van der Waals surface area contributed by atoms with Crippen LogP contribution in [0.4, 0.5) is 0 Å². The molecule has 1 fully saturated rings. The van der Waals surface area contributed by atoms with Crippen LogP contribution >= 0.6 is 19.6 Å². The van der Waals surface area contributed by atoms with Crippen LogP contribution in [0.15, 0.2) is 20.9 Å². The molecule has 2 N–H and O–H groups in total. The third-order valence-electron chi connectivity index (χ3n) is 4.64. The second-order valence-corrected chi connectivity index (χ2v) is 11.0. The third kappa shape index (κ3) is 7.82. The second kappa shape index (κ2) is 11.0. The van der Waals surface area contributed by atoms with E-state index in [1.165, 1.54) is 20.0 Å². The zero-order valence-electron chi connectivity index (χ0n) is 19.0. The molecule has 2 heterocycles. The minimum Gasteiger partial charge on any atom is -0.352 e. The number of aromatic nitrogens is 2. The molecule has 1 aliphatic rings. The summed E-state index contributed by atoms with van der Waals surface area (Å²) in [6, 6.07) is -0.795. The molecule has 33 heavy (non-hydrogen) atoms. The number of nitrogens with one attached hydrogen (secondary N) is 1. The monoisotopic (exact) mass is 505 g/mol. The van der Waals surface area contributed by atoms with Crippen LogP contribution in [-0.4, -0.2) is 50.2 Å². The predicted octanol–water partition coefficient (Wildman–Crippen LogP) is 2.64. The number of ether oxygens (including phenoxy) is 1. The predicted molar refractivity (Wildman–Crippen MR) is 121 cm³/mol. The average Bonchev–Trinajstić information content (AvgIpc) is 3.09. The van der Waals surface area contributed by atoms with E-state index in [1.54, 1.807) is 20.8 Å². The number of hydrogen-bond acceptors (Lipinski definition) is 9. The molecule has 0 radical (unpaired) electrons. The van der Waals surface area contributed by atoms with E-state index in [1.807, 2.05) is 0 Å². The first-order valence-corrected chi connectivity index (χ1v) is 12.6. The van der Waals surface area contributed by atoms with Crippen LogP contribution < -0.4 is 11.2 Å². The molecule has 184 valence electrons. The summed E-state index contributed by atoms with van der Waals surface area (Å²) in [7, 11) is -4.52. The largest absolute Gasteiger partial charge is 0.472 e. The summed E-state index contributed by atoms with van der Waals surface area (Å²) in [5.41, 5.74) is 7.32. The van der Waals surface area contributed by atoms with Gasteiger partial charge in [0, 0.05) is 34.3 Å². The molecule has 1 aromatic heterocycles. The van der Waals surface area contributed by atoms with Crippen LogP contribution in [-0.2, 0) is 23.1 Å². The van der Waals surface area contributed by atoms with Gasteiger partial charge >= 0.3 is 13.5 Å². The van der Waals surface area contributed by atoms with E-state index in [0.29, 0.717) is 0 Å². The van der Waals surface area contributed by atoms with E-state index in [4.69, 9.17) is 19.3 Å². The molecule has 2 unspecified atom stereocenters. The van der Waals surface area contributed by atoms with Gasteiger partial charge in [0.1, 0.15) is 6.23 Å². The minimum atomic E-state index is -4.52. The van der Waals surface area contributed by atoms with Crippen molar-refractivity contribution in [1.29, 1.82) is 0 Å². The standard InChI is InChI=1S/C18H28N5O8PS/c1-10-7-23(17(26)20-15(10)24)14-6-12(21-22-19)13(30-14)8-29-32(27,28)31-11(2)9-33-16(25)18(3,4)5/h7,11-14H,6,8-9H2,1-5H3,(H,27,28)(H,20,24,26)/t11?,12-,13+,14+/m0/s1. The highest BCUT2D eigenvalue weighted by Gasteiger charge is 2.38. The first kappa shape index (κ1) is 27.3. The lowest BCUT2D eigenvalue weighted by Gasteiger charge is -2.21. The van der Waals surface area contributed by atoms with Crippen molar-refractivity contribution in [3.05, 3.63) is 43.0 Å². The number of rotatable bonds is 9. The highest BCUT2D eigenvalue weighted by Crippen LogP contribution is 2.46. The molecule has 0 saturated carbocycles. The lowest BCUT2D eigenvalue weighted by Crippen LogP contribution is -2.33. The summed E-state index contributed by atoms with van der Waals surface area (Å²) in [5.74, 6) is 0.155. The highest BCUT2D eigenvalue weighted by atomic mass is 32.2. The van der Waals surface area contributed by atoms with Gasteiger partial charge in [0.05, 0.1) is 24.9 Å². The lowest BCUT2D eigenvalue weighted by molar-refractivity contribution is -0.117. The number of hydrogen-bond donors (Lipinski definition) is 2. The SMILES string of the molecule is Cc1cn([C@H]2C[C@H](N=[N+]=[N-])[C@@H](COP(=O)(O)OC(C)CSC(=O)C(C)(C)C)O2)c(=O)[nH]c1=O.